The van der Waals surface area contributed by atoms with E-state index >= 15 is 0 Å². The molecule has 5 rings (SSSR count). The summed E-state index contributed by atoms with van der Waals surface area (Å²) in [6.45, 7) is 9.11. The molecule has 1 unspecified atom stereocenters. The first-order valence-electron chi connectivity index (χ1n) is 13.9. The summed E-state index contributed by atoms with van der Waals surface area (Å²) in [4.78, 5) is 42.9. The number of ether oxygens (including phenoxy) is 3. The second-order valence-corrected chi connectivity index (χ2v) is 12.1. The van der Waals surface area contributed by atoms with E-state index in [2.05, 4.69) is 20.8 Å². The molecule has 0 aliphatic carbocycles. The Labute approximate surface area is 235 Å². The van der Waals surface area contributed by atoms with Crippen molar-refractivity contribution in [3.05, 3.63) is 53.1 Å². The van der Waals surface area contributed by atoms with Gasteiger partial charge in [0.05, 0.1) is 31.2 Å². The number of methoxy groups -OCH3 is 1. The molecule has 214 valence electrons. The lowest BCUT2D eigenvalue weighted by Crippen LogP contribution is -2.56. The van der Waals surface area contributed by atoms with Crippen LogP contribution in [-0.4, -0.2) is 66.7 Å². The van der Waals surface area contributed by atoms with Crippen LogP contribution in [0.2, 0.25) is 0 Å². The minimum Gasteiger partial charge on any atom is -0.497 e. The number of hydrogen-bond acceptors (Lipinski definition) is 6. The lowest BCUT2D eigenvalue weighted by atomic mass is 9.84. The number of aryl methyl sites for hydroxylation is 1. The van der Waals surface area contributed by atoms with Crippen molar-refractivity contribution in [2.75, 3.05) is 31.7 Å². The first-order chi connectivity index (χ1) is 19.0. The molecule has 3 aliphatic heterocycles. The van der Waals surface area contributed by atoms with E-state index in [4.69, 9.17) is 14.2 Å². The second-order valence-electron chi connectivity index (χ2n) is 12.1. The maximum atomic E-state index is 14.4. The molecule has 9 nitrogen and oxygen atoms in total. The number of hydrogen-bond donors (Lipinski definition) is 1. The summed E-state index contributed by atoms with van der Waals surface area (Å²) < 4.78 is 18.4. The van der Waals surface area contributed by atoms with Gasteiger partial charge in [0.1, 0.15) is 30.3 Å². The minimum absolute atomic E-state index is 0.139. The Morgan fingerprint density at radius 3 is 2.65 bits per heavy atom. The van der Waals surface area contributed by atoms with Crippen LogP contribution in [0.15, 0.2) is 36.4 Å². The molecule has 2 amide bonds. The van der Waals surface area contributed by atoms with Crippen molar-refractivity contribution in [3.8, 4) is 11.5 Å². The number of carbonyl (C=O) groups is 3. The molecule has 2 aromatic rings. The van der Waals surface area contributed by atoms with E-state index in [0.717, 1.165) is 16.7 Å². The first kappa shape index (κ1) is 28.0. The number of carboxylic acids is 1. The fourth-order valence-electron chi connectivity index (χ4n) is 5.98. The quantitative estimate of drug-likeness (QED) is 0.590. The van der Waals surface area contributed by atoms with Crippen LogP contribution in [0.25, 0.3) is 0 Å². The molecule has 0 radical (unpaired) electrons. The van der Waals surface area contributed by atoms with Gasteiger partial charge in [0.25, 0.3) is 5.91 Å². The SMILES string of the molecule is COc1cccc([C@H]2O[C@H](CC(=O)N3CCCC(C(=O)O)C3)C(=O)N3c4c(cc(C)cc42)OC[C@H]3C(C)(C)C)c1. The first-order valence-corrected chi connectivity index (χ1v) is 13.9. The van der Waals surface area contributed by atoms with Crippen LogP contribution in [0.1, 0.15) is 62.8 Å². The number of nitrogens with zero attached hydrogens (tertiary/aromatic N) is 2. The molecule has 0 saturated carbocycles. The molecular formula is C31H38N2O7. The third-order valence-corrected chi connectivity index (χ3v) is 8.17. The molecule has 0 bridgehead atoms. The number of carboxylic acid groups (broad SMARTS) is 1. The molecule has 2 aromatic carbocycles. The summed E-state index contributed by atoms with van der Waals surface area (Å²) >= 11 is 0. The average molecular weight is 551 g/mol. The summed E-state index contributed by atoms with van der Waals surface area (Å²) in [5.41, 5.74) is 2.91. The Kier molecular flexibility index (Phi) is 7.52. The van der Waals surface area contributed by atoms with Gasteiger partial charge in [-0.3, -0.25) is 19.3 Å². The van der Waals surface area contributed by atoms with Crippen molar-refractivity contribution >= 4 is 23.5 Å². The Hall–Kier alpha value is -3.59. The third kappa shape index (κ3) is 5.27. The van der Waals surface area contributed by atoms with Crippen LogP contribution in [0, 0.1) is 18.3 Å². The van der Waals surface area contributed by atoms with Gasteiger partial charge in [-0.2, -0.15) is 0 Å². The van der Waals surface area contributed by atoms with E-state index < -0.39 is 24.1 Å². The molecule has 1 N–H and O–H groups in total. The Bertz CT molecular complexity index is 1320. The molecular weight excluding hydrogens is 512 g/mol. The smallest absolute Gasteiger partial charge is 0.308 e. The Balaban J connectivity index is 1.59. The highest BCUT2D eigenvalue weighted by Crippen LogP contribution is 2.49. The van der Waals surface area contributed by atoms with Crippen molar-refractivity contribution in [1.29, 1.82) is 0 Å². The van der Waals surface area contributed by atoms with Crippen molar-refractivity contribution in [2.24, 2.45) is 11.3 Å². The van der Waals surface area contributed by atoms with Crippen LogP contribution < -0.4 is 14.4 Å². The van der Waals surface area contributed by atoms with E-state index in [1.807, 2.05) is 43.3 Å². The van der Waals surface area contributed by atoms with Crippen LogP contribution in [0.3, 0.4) is 0 Å². The van der Waals surface area contributed by atoms with E-state index in [1.165, 1.54) is 0 Å². The minimum atomic E-state index is -1.07. The van der Waals surface area contributed by atoms with Gasteiger partial charge in [0, 0.05) is 18.7 Å². The zero-order chi connectivity index (χ0) is 28.8. The van der Waals surface area contributed by atoms with E-state index in [9.17, 15) is 19.5 Å². The molecule has 0 spiro atoms. The summed E-state index contributed by atoms with van der Waals surface area (Å²) in [7, 11) is 1.60. The predicted octanol–water partition coefficient (Wildman–Crippen LogP) is 4.35. The van der Waals surface area contributed by atoms with Crippen molar-refractivity contribution < 1.29 is 33.7 Å². The van der Waals surface area contributed by atoms with Crippen LogP contribution >= 0.6 is 0 Å². The largest absolute Gasteiger partial charge is 0.497 e. The lowest BCUT2D eigenvalue weighted by molar-refractivity contribution is -0.149. The highest BCUT2D eigenvalue weighted by Gasteiger charge is 2.47. The Morgan fingerprint density at radius 2 is 1.95 bits per heavy atom. The maximum absolute atomic E-state index is 14.4. The highest BCUT2D eigenvalue weighted by atomic mass is 16.5. The number of anilines is 1. The molecule has 3 aliphatic rings. The van der Waals surface area contributed by atoms with Gasteiger partial charge in [0.15, 0.2) is 0 Å². The summed E-state index contributed by atoms with van der Waals surface area (Å²) in [6, 6.07) is 11.2. The van der Waals surface area contributed by atoms with Crippen molar-refractivity contribution in [2.45, 2.75) is 65.2 Å². The van der Waals surface area contributed by atoms with E-state index in [0.29, 0.717) is 43.2 Å². The van der Waals surface area contributed by atoms with Gasteiger partial charge >= 0.3 is 5.97 Å². The second kappa shape index (κ2) is 10.8. The standard InChI is InChI=1S/C31H38N2O7/c1-18-12-22-27-23(13-18)39-17-25(31(2,3)4)33(27)29(35)24(40-28(22)19-8-6-10-21(14-19)38-5)15-26(34)32-11-7-9-20(16-32)30(36)37/h6,8,10,12-14,20,24-25,28H,7,9,11,15-17H2,1-5H3,(H,36,37)/t20?,24-,25+,28-/m1/s1. The number of amides is 2. The van der Waals surface area contributed by atoms with Crippen molar-refractivity contribution in [1.82, 2.24) is 4.90 Å². The van der Waals surface area contributed by atoms with Crippen LogP contribution in [-0.2, 0) is 19.1 Å². The lowest BCUT2D eigenvalue weighted by Gasteiger charge is -2.44. The normalized spacial score (nSPS) is 24.6. The maximum Gasteiger partial charge on any atom is 0.308 e. The van der Waals surface area contributed by atoms with Crippen molar-refractivity contribution in [3.63, 3.8) is 0 Å². The molecule has 40 heavy (non-hydrogen) atoms. The third-order valence-electron chi connectivity index (χ3n) is 8.17. The fraction of sp³-hybridized carbons (Fsp3) is 0.516. The number of likely N-dealkylation sites (tertiary alicyclic amines) is 1. The van der Waals surface area contributed by atoms with Gasteiger partial charge in [0.2, 0.25) is 5.91 Å². The monoisotopic (exact) mass is 550 g/mol. The van der Waals surface area contributed by atoms with Gasteiger partial charge in [-0.25, -0.2) is 0 Å². The summed E-state index contributed by atoms with van der Waals surface area (Å²) in [5, 5.41) is 9.52. The highest BCUT2D eigenvalue weighted by molar-refractivity contribution is 6.02. The van der Waals surface area contributed by atoms with Gasteiger partial charge in [-0.05, 0) is 54.5 Å². The molecule has 9 heteroatoms. The number of aliphatic carboxylic acids is 1. The van der Waals surface area contributed by atoms with E-state index in [-0.39, 0.29) is 36.2 Å². The van der Waals surface area contributed by atoms with Gasteiger partial charge < -0.3 is 24.2 Å². The zero-order valence-electron chi connectivity index (χ0n) is 23.8. The number of carbonyl (C=O) groups excluding carboxylic acids is 2. The topological polar surface area (TPSA) is 106 Å². The molecule has 0 aromatic heterocycles. The zero-order valence-corrected chi connectivity index (χ0v) is 23.8. The van der Waals surface area contributed by atoms with E-state index in [1.54, 1.807) is 16.9 Å². The van der Waals surface area contributed by atoms with Crippen LogP contribution in [0.5, 0.6) is 11.5 Å². The molecule has 4 atom stereocenters. The van der Waals surface area contributed by atoms with Gasteiger partial charge in [-0.1, -0.05) is 39.0 Å². The predicted molar refractivity (Wildman–Crippen MR) is 149 cm³/mol. The Morgan fingerprint density at radius 1 is 1.18 bits per heavy atom. The number of piperidine rings is 1. The number of rotatable bonds is 5. The van der Waals surface area contributed by atoms with Gasteiger partial charge in [-0.15, -0.1) is 0 Å². The molecule has 1 saturated heterocycles. The fourth-order valence-corrected chi connectivity index (χ4v) is 5.98. The summed E-state index contributed by atoms with van der Waals surface area (Å²) in [6.07, 6.45) is -0.766. The van der Waals surface area contributed by atoms with Crippen LogP contribution in [0.4, 0.5) is 5.69 Å². The average Bonchev–Trinajstić information content (AvgIpc) is 3.04. The molecule has 1 fully saturated rings. The number of benzene rings is 2. The molecule has 3 heterocycles. The summed E-state index contributed by atoms with van der Waals surface area (Å²) in [5.74, 6) is -0.812.